The van der Waals surface area contributed by atoms with E-state index >= 15 is 0 Å². The highest BCUT2D eigenvalue weighted by molar-refractivity contribution is 5.90. The summed E-state index contributed by atoms with van der Waals surface area (Å²) in [6.45, 7) is 0.511. The summed E-state index contributed by atoms with van der Waals surface area (Å²) < 4.78 is 4.66. The second-order valence-electron chi connectivity index (χ2n) is 2.90. The molecule has 1 aliphatic rings. The fourth-order valence-corrected chi connectivity index (χ4v) is 1.41. The third kappa shape index (κ3) is 1.35. The van der Waals surface area contributed by atoms with Crippen LogP contribution in [-0.2, 0) is 4.74 Å². The molecule has 0 unspecified atom stereocenters. The molecular weight excluding hydrogens is 180 g/mol. The number of methoxy groups -OCH3 is 1. The van der Waals surface area contributed by atoms with Crippen LogP contribution >= 0.6 is 0 Å². The van der Waals surface area contributed by atoms with Crippen LogP contribution in [0.4, 0.5) is 10.6 Å². The van der Waals surface area contributed by atoms with Crippen LogP contribution in [-0.4, -0.2) is 24.7 Å². The number of carbonyl (C=O) groups excluding carboxylic acids is 1. The first-order valence-corrected chi connectivity index (χ1v) is 4.30. The van der Waals surface area contributed by atoms with Gasteiger partial charge in [0, 0.05) is 18.3 Å². The highest BCUT2D eigenvalue weighted by atomic mass is 16.5. The Morgan fingerprint density at radius 2 is 2.50 bits per heavy atom. The fraction of sp³-hybridized carbons (Fsp3) is 0.200. The molecular formula is C10H10N2O2. The number of hydrogen-bond acceptors (Lipinski definition) is 3. The largest absolute Gasteiger partial charge is 0.452 e. The highest BCUT2D eigenvalue weighted by Crippen LogP contribution is 2.22. The molecule has 72 valence electrons. The molecule has 0 atom stereocenters. The van der Waals surface area contributed by atoms with Gasteiger partial charge in [-0.1, -0.05) is 12.2 Å². The summed E-state index contributed by atoms with van der Waals surface area (Å²) in [7, 11) is 1.36. The Morgan fingerprint density at radius 3 is 3.29 bits per heavy atom. The first-order chi connectivity index (χ1) is 6.83. The van der Waals surface area contributed by atoms with Crippen molar-refractivity contribution in [3.63, 3.8) is 0 Å². The summed E-state index contributed by atoms with van der Waals surface area (Å²) >= 11 is 0. The molecule has 1 aliphatic heterocycles. The molecule has 0 bridgehead atoms. The zero-order valence-corrected chi connectivity index (χ0v) is 7.80. The summed E-state index contributed by atoms with van der Waals surface area (Å²) in [4.78, 5) is 17.0. The molecule has 1 aromatic heterocycles. The number of pyridine rings is 1. The van der Waals surface area contributed by atoms with Crippen LogP contribution in [0.15, 0.2) is 24.4 Å². The van der Waals surface area contributed by atoms with Gasteiger partial charge in [0.25, 0.3) is 0 Å². The minimum Gasteiger partial charge on any atom is -0.452 e. The van der Waals surface area contributed by atoms with E-state index < -0.39 is 0 Å². The van der Waals surface area contributed by atoms with E-state index in [1.165, 1.54) is 12.0 Å². The molecule has 0 saturated heterocycles. The van der Waals surface area contributed by atoms with Crippen LogP contribution in [0.25, 0.3) is 6.08 Å². The molecule has 0 spiro atoms. The van der Waals surface area contributed by atoms with E-state index in [4.69, 9.17) is 0 Å². The molecule has 0 fully saturated rings. The Bertz CT molecular complexity index is 387. The molecule has 4 nitrogen and oxygen atoms in total. The number of aromatic nitrogens is 1. The van der Waals surface area contributed by atoms with Crippen molar-refractivity contribution >= 4 is 18.0 Å². The highest BCUT2D eigenvalue weighted by Gasteiger charge is 2.20. The monoisotopic (exact) mass is 190 g/mol. The van der Waals surface area contributed by atoms with Gasteiger partial charge in [-0.15, -0.1) is 0 Å². The molecule has 2 rings (SSSR count). The lowest BCUT2D eigenvalue weighted by molar-refractivity contribution is 0.179. The summed E-state index contributed by atoms with van der Waals surface area (Å²) in [6, 6.07) is 3.75. The van der Waals surface area contributed by atoms with Crippen molar-refractivity contribution in [3.05, 3.63) is 30.0 Å². The van der Waals surface area contributed by atoms with E-state index in [0.717, 1.165) is 5.56 Å². The molecule has 0 aliphatic carbocycles. The number of amides is 1. The molecule has 0 saturated carbocycles. The summed E-state index contributed by atoms with van der Waals surface area (Å²) in [5.41, 5.74) is 0.934. The Kier molecular flexibility index (Phi) is 2.18. The number of hydrogen-bond donors (Lipinski definition) is 0. The lowest BCUT2D eigenvalue weighted by atomic mass is 10.2. The number of rotatable bonds is 0. The summed E-state index contributed by atoms with van der Waals surface area (Å²) in [5.74, 6) is 0.654. The minimum atomic E-state index is -0.380. The van der Waals surface area contributed by atoms with Crippen molar-refractivity contribution in [1.82, 2.24) is 4.98 Å². The first kappa shape index (κ1) is 8.74. The lowest BCUT2D eigenvalue weighted by Crippen LogP contribution is -2.33. The van der Waals surface area contributed by atoms with Crippen LogP contribution < -0.4 is 4.90 Å². The van der Waals surface area contributed by atoms with E-state index in [9.17, 15) is 4.79 Å². The fourth-order valence-electron chi connectivity index (χ4n) is 1.41. The maximum atomic E-state index is 11.4. The number of nitrogens with zero attached hydrogens (tertiary/aromatic N) is 2. The normalized spacial score (nSPS) is 13.6. The minimum absolute atomic E-state index is 0.380. The number of fused-ring (bicyclic) bond motifs is 1. The van der Waals surface area contributed by atoms with E-state index in [1.54, 1.807) is 6.20 Å². The average molecular weight is 190 g/mol. The van der Waals surface area contributed by atoms with Crippen molar-refractivity contribution in [2.45, 2.75) is 0 Å². The Morgan fingerprint density at radius 1 is 1.64 bits per heavy atom. The summed E-state index contributed by atoms with van der Waals surface area (Å²) in [5, 5.41) is 0. The second-order valence-corrected chi connectivity index (χ2v) is 2.90. The Labute approximate surface area is 81.8 Å². The van der Waals surface area contributed by atoms with Crippen molar-refractivity contribution in [2.24, 2.45) is 0 Å². The average Bonchev–Trinajstić information content (AvgIpc) is 2.27. The van der Waals surface area contributed by atoms with E-state index in [2.05, 4.69) is 9.72 Å². The number of ether oxygens (including phenoxy) is 1. The van der Waals surface area contributed by atoms with Crippen molar-refractivity contribution < 1.29 is 9.53 Å². The molecule has 2 heterocycles. The van der Waals surface area contributed by atoms with Gasteiger partial charge in [-0.2, -0.15) is 0 Å². The standard InChI is InChI=1S/C10H10N2O2/c1-14-10(13)12-7-3-5-8-4-2-6-11-9(8)12/h2-6H,7H2,1H3. The molecule has 0 N–H and O–H groups in total. The lowest BCUT2D eigenvalue weighted by Gasteiger charge is -2.22. The summed E-state index contributed by atoms with van der Waals surface area (Å²) in [6.07, 6.45) is 5.13. The topological polar surface area (TPSA) is 42.4 Å². The van der Waals surface area contributed by atoms with Gasteiger partial charge in [-0.3, -0.25) is 4.90 Å². The Hall–Kier alpha value is -1.84. The predicted molar refractivity (Wildman–Crippen MR) is 53.0 cm³/mol. The zero-order chi connectivity index (χ0) is 9.97. The van der Waals surface area contributed by atoms with Crippen molar-refractivity contribution in [2.75, 3.05) is 18.6 Å². The molecule has 0 radical (unpaired) electrons. The van der Waals surface area contributed by atoms with E-state index in [-0.39, 0.29) is 6.09 Å². The first-order valence-electron chi connectivity index (χ1n) is 4.30. The Balaban J connectivity index is 2.40. The molecule has 0 aromatic carbocycles. The SMILES string of the molecule is COC(=O)N1CC=Cc2cccnc21. The third-order valence-corrected chi connectivity index (χ3v) is 2.05. The van der Waals surface area contributed by atoms with E-state index in [1.807, 2.05) is 24.3 Å². The van der Waals surface area contributed by atoms with Crippen LogP contribution in [0.2, 0.25) is 0 Å². The predicted octanol–water partition coefficient (Wildman–Crippen LogP) is 1.68. The molecule has 1 aromatic rings. The molecule has 14 heavy (non-hydrogen) atoms. The van der Waals surface area contributed by atoms with Gasteiger partial charge >= 0.3 is 6.09 Å². The molecule has 1 amide bonds. The van der Waals surface area contributed by atoms with Crippen LogP contribution in [0, 0.1) is 0 Å². The van der Waals surface area contributed by atoms with Gasteiger partial charge in [0.05, 0.1) is 7.11 Å². The maximum Gasteiger partial charge on any atom is 0.415 e. The van der Waals surface area contributed by atoms with Gasteiger partial charge in [0.2, 0.25) is 0 Å². The van der Waals surface area contributed by atoms with Crippen molar-refractivity contribution in [3.8, 4) is 0 Å². The van der Waals surface area contributed by atoms with Crippen LogP contribution in [0.1, 0.15) is 5.56 Å². The van der Waals surface area contributed by atoms with Gasteiger partial charge in [0.15, 0.2) is 0 Å². The van der Waals surface area contributed by atoms with Crippen molar-refractivity contribution in [1.29, 1.82) is 0 Å². The van der Waals surface area contributed by atoms with Gasteiger partial charge < -0.3 is 4.74 Å². The van der Waals surface area contributed by atoms with E-state index in [0.29, 0.717) is 12.4 Å². The van der Waals surface area contributed by atoms with Crippen LogP contribution in [0.3, 0.4) is 0 Å². The molecule has 4 heteroatoms. The van der Waals surface area contributed by atoms with Gasteiger partial charge in [-0.25, -0.2) is 9.78 Å². The van der Waals surface area contributed by atoms with Gasteiger partial charge in [0.1, 0.15) is 5.82 Å². The quantitative estimate of drug-likeness (QED) is 0.625. The van der Waals surface area contributed by atoms with Crippen LogP contribution in [0.5, 0.6) is 0 Å². The smallest absolute Gasteiger partial charge is 0.415 e. The number of anilines is 1. The zero-order valence-electron chi connectivity index (χ0n) is 7.80. The second kappa shape index (κ2) is 3.49. The van der Waals surface area contributed by atoms with Gasteiger partial charge in [-0.05, 0) is 12.1 Å². The third-order valence-electron chi connectivity index (χ3n) is 2.05. The number of carbonyl (C=O) groups is 1. The maximum absolute atomic E-state index is 11.4.